The van der Waals surface area contributed by atoms with Crippen molar-refractivity contribution in [1.82, 2.24) is 5.09 Å². The average Bonchev–Trinajstić information content (AvgIpc) is 2.31. The minimum absolute atomic E-state index is 0.0500. The molecule has 0 aromatic carbocycles. The summed E-state index contributed by atoms with van der Waals surface area (Å²) in [4.78, 5) is 11.1. The van der Waals surface area contributed by atoms with Gasteiger partial charge in [-0.05, 0) is 11.6 Å². The van der Waals surface area contributed by atoms with Crippen molar-refractivity contribution >= 4 is 25.1 Å². The molecule has 8 heteroatoms. The molecule has 1 heterocycles. The SMILES string of the molecule is NP(N)(=O)NC(=O)c1coc(Cl)c1. The van der Waals surface area contributed by atoms with Gasteiger partial charge in [0.05, 0.1) is 5.56 Å². The van der Waals surface area contributed by atoms with Gasteiger partial charge in [0, 0.05) is 6.07 Å². The van der Waals surface area contributed by atoms with Gasteiger partial charge < -0.3 is 4.42 Å². The van der Waals surface area contributed by atoms with E-state index in [0.29, 0.717) is 0 Å². The summed E-state index contributed by atoms with van der Waals surface area (Å²) < 4.78 is 15.4. The molecule has 0 saturated heterocycles. The largest absolute Gasteiger partial charge is 0.452 e. The van der Waals surface area contributed by atoms with Gasteiger partial charge >= 0.3 is 7.59 Å². The van der Waals surface area contributed by atoms with Crippen molar-refractivity contribution in [2.75, 3.05) is 0 Å². The highest BCUT2D eigenvalue weighted by Gasteiger charge is 2.16. The standard InChI is InChI=1S/C5H7ClN3O3P/c6-4-1-3(2-12-4)5(10)9-13(7,8)11/h1-2H,(H5,7,8,9,10,11). The minimum Gasteiger partial charge on any atom is -0.452 e. The van der Waals surface area contributed by atoms with Crippen molar-refractivity contribution in [3.8, 4) is 0 Å². The van der Waals surface area contributed by atoms with Crippen LogP contribution in [0.2, 0.25) is 5.22 Å². The molecule has 0 atom stereocenters. The summed E-state index contributed by atoms with van der Waals surface area (Å²) in [5.74, 6) is -0.691. The maximum atomic E-state index is 11.1. The molecule has 1 rings (SSSR count). The highest BCUT2D eigenvalue weighted by molar-refractivity contribution is 7.57. The van der Waals surface area contributed by atoms with E-state index in [4.69, 9.17) is 22.6 Å². The maximum Gasteiger partial charge on any atom is 0.300 e. The fourth-order valence-corrected chi connectivity index (χ4v) is 1.26. The first-order valence-corrected chi connectivity index (χ1v) is 5.34. The second-order valence-electron chi connectivity index (χ2n) is 2.29. The second-order valence-corrected chi connectivity index (χ2v) is 4.30. The predicted molar refractivity (Wildman–Crippen MR) is 47.2 cm³/mol. The first-order valence-electron chi connectivity index (χ1n) is 3.12. The number of furan rings is 1. The van der Waals surface area contributed by atoms with E-state index in [1.807, 2.05) is 5.09 Å². The minimum atomic E-state index is -3.56. The van der Waals surface area contributed by atoms with Crippen LogP contribution in [0.5, 0.6) is 0 Å². The summed E-state index contributed by atoms with van der Waals surface area (Å²) in [6, 6.07) is 1.26. The number of hydrogen-bond acceptors (Lipinski definition) is 3. The van der Waals surface area contributed by atoms with Gasteiger partial charge in [0.1, 0.15) is 6.26 Å². The normalized spacial score (nSPS) is 11.3. The highest BCUT2D eigenvalue weighted by atomic mass is 35.5. The molecule has 1 amide bonds. The average molecular weight is 224 g/mol. The summed E-state index contributed by atoms with van der Waals surface area (Å²) in [5.41, 5.74) is 9.95. The molecular weight excluding hydrogens is 216 g/mol. The van der Waals surface area contributed by atoms with Gasteiger partial charge in [0.2, 0.25) is 0 Å². The fourth-order valence-electron chi connectivity index (χ4n) is 0.652. The summed E-state index contributed by atoms with van der Waals surface area (Å²) in [6.07, 6.45) is 1.10. The molecule has 0 bridgehead atoms. The number of rotatable bonds is 2. The molecule has 0 spiro atoms. The number of carbonyl (C=O) groups is 1. The molecule has 13 heavy (non-hydrogen) atoms. The Labute approximate surface area is 78.7 Å². The van der Waals surface area contributed by atoms with Crippen LogP contribution in [0.4, 0.5) is 0 Å². The summed E-state index contributed by atoms with van der Waals surface area (Å²) in [7, 11) is -3.56. The van der Waals surface area contributed by atoms with Gasteiger partial charge in [-0.1, -0.05) is 0 Å². The summed E-state index contributed by atoms with van der Waals surface area (Å²) >= 11 is 5.40. The maximum absolute atomic E-state index is 11.1. The molecule has 1 aromatic rings. The van der Waals surface area contributed by atoms with E-state index in [0.717, 1.165) is 6.26 Å². The first kappa shape index (κ1) is 10.3. The molecule has 0 unspecified atom stereocenters. The van der Waals surface area contributed by atoms with Crippen molar-refractivity contribution in [2.45, 2.75) is 0 Å². The highest BCUT2D eigenvalue weighted by Crippen LogP contribution is 2.20. The van der Waals surface area contributed by atoms with Crippen molar-refractivity contribution in [1.29, 1.82) is 0 Å². The van der Waals surface area contributed by atoms with Crippen LogP contribution in [-0.4, -0.2) is 5.91 Å². The van der Waals surface area contributed by atoms with Crippen molar-refractivity contribution in [2.24, 2.45) is 11.0 Å². The van der Waals surface area contributed by atoms with Crippen molar-refractivity contribution < 1.29 is 13.8 Å². The molecule has 1 aromatic heterocycles. The van der Waals surface area contributed by atoms with E-state index in [1.54, 1.807) is 0 Å². The summed E-state index contributed by atoms with van der Waals surface area (Å²) in [5, 5.41) is 1.95. The first-order chi connectivity index (χ1) is 5.88. The van der Waals surface area contributed by atoms with Gasteiger partial charge in [0.25, 0.3) is 5.91 Å². The molecule has 0 aliphatic carbocycles. The molecule has 72 valence electrons. The topological polar surface area (TPSA) is 111 Å². The Balaban J connectivity index is 2.75. The molecule has 0 aliphatic heterocycles. The van der Waals surface area contributed by atoms with Crippen molar-refractivity contribution in [3.63, 3.8) is 0 Å². The van der Waals surface area contributed by atoms with E-state index in [-0.39, 0.29) is 10.8 Å². The van der Waals surface area contributed by atoms with E-state index >= 15 is 0 Å². The van der Waals surface area contributed by atoms with Crippen LogP contribution in [0, 0.1) is 0 Å². The number of halogens is 1. The van der Waals surface area contributed by atoms with Crippen LogP contribution in [0.1, 0.15) is 10.4 Å². The van der Waals surface area contributed by atoms with Gasteiger partial charge in [-0.2, -0.15) is 0 Å². The van der Waals surface area contributed by atoms with E-state index in [1.165, 1.54) is 6.07 Å². The van der Waals surface area contributed by atoms with Gasteiger partial charge in [-0.3, -0.25) is 25.5 Å². The fraction of sp³-hybridized carbons (Fsp3) is 0. The Morgan fingerprint density at radius 2 is 2.23 bits per heavy atom. The van der Waals surface area contributed by atoms with Crippen LogP contribution in [0.25, 0.3) is 0 Å². The lowest BCUT2D eigenvalue weighted by atomic mass is 10.3. The number of carbonyl (C=O) groups excluding carboxylic acids is 1. The lowest BCUT2D eigenvalue weighted by molar-refractivity contribution is 0.0980. The third kappa shape index (κ3) is 3.20. The van der Waals surface area contributed by atoms with Crippen LogP contribution < -0.4 is 16.1 Å². The smallest absolute Gasteiger partial charge is 0.300 e. The van der Waals surface area contributed by atoms with Crippen LogP contribution >= 0.6 is 19.2 Å². The lowest BCUT2D eigenvalue weighted by Crippen LogP contribution is -2.28. The molecule has 0 saturated carbocycles. The Bertz CT molecular complexity index is 371. The monoisotopic (exact) mass is 223 g/mol. The van der Waals surface area contributed by atoms with Gasteiger partial charge in [0.15, 0.2) is 5.22 Å². The quantitative estimate of drug-likeness (QED) is 0.639. The Hall–Kier alpha value is -0.810. The molecule has 5 N–H and O–H groups in total. The van der Waals surface area contributed by atoms with Gasteiger partial charge in [-0.15, -0.1) is 0 Å². The zero-order valence-corrected chi connectivity index (χ0v) is 8.01. The Morgan fingerprint density at radius 3 is 2.62 bits per heavy atom. The van der Waals surface area contributed by atoms with Gasteiger partial charge in [-0.25, -0.2) is 0 Å². The van der Waals surface area contributed by atoms with Crippen molar-refractivity contribution in [3.05, 3.63) is 23.1 Å². The number of amides is 1. The lowest BCUT2D eigenvalue weighted by Gasteiger charge is -2.06. The van der Waals surface area contributed by atoms with E-state index < -0.39 is 13.5 Å². The predicted octanol–water partition coefficient (Wildman–Crippen LogP) is 0.688. The number of hydrogen-bond donors (Lipinski definition) is 3. The zero-order valence-electron chi connectivity index (χ0n) is 6.36. The second kappa shape index (κ2) is 3.51. The Morgan fingerprint density at radius 1 is 1.62 bits per heavy atom. The zero-order chi connectivity index (χ0) is 10.1. The third-order valence-electron chi connectivity index (χ3n) is 1.11. The van der Waals surface area contributed by atoms with E-state index in [9.17, 15) is 9.36 Å². The third-order valence-corrected chi connectivity index (χ3v) is 1.86. The number of nitrogens with one attached hydrogen (secondary N) is 1. The van der Waals surface area contributed by atoms with Crippen LogP contribution in [0.3, 0.4) is 0 Å². The van der Waals surface area contributed by atoms with E-state index in [2.05, 4.69) is 4.42 Å². The van der Waals surface area contributed by atoms with Crippen LogP contribution in [0.15, 0.2) is 16.7 Å². The Kier molecular flexibility index (Phi) is 2.77. The number of nitrogens with two attached hydrogens (primary N) is 2. The van der Waals surface area contributed by atoms with Crippen LogP contribution in [-0.2, 0) is 4.57 Å². The summed E-state index contributed by atoms with van der Waals surface area (Å²) in [6.45, 7) is 0. The molecule has 0 radical (unpaired) electrons. The molecule has 0 aliphatic rings. The molecule has 6 nitrogen and oxygen atoms in total. The molecule has 0 fully saturated rings. The molecular formula is C5H7ClN3O3P.